The molecule has 0 fully saturated rings. The van der Waals surface area contributed by atoms with Gasteiger partial charge in [-0.25, -0.2) is 9.78 Å². The highest BCUT2D eigenvalue weighted by molar-refractivity contribution is 7.22. The summed E-state index contributed by atoms with van der Waals surface area (Å²) in [4.78, 5) is 27.9. The van der Waals surface area contributed by atoms with Gasteiger partial charge in [0.25, 0.3) is 0 Å². The Morgan fingerprint density at radius 1 is 1.08 bits per heavy atom. The first-order valence-electron chi connectivity index (χ1n) is 8.34. The van der Waals surface area contributed by atoms with Gasteiger partial charge in [0.15, 0.2) is 5.13 Å². The summed E-state index contributed by atoms with van der Waals surface area (Å²) in [5.41, 5.74) is 3.61. The zero-order valence-corrected chi connectivity index (χ0v) is 15.4. The molecular weight excluding hydrogens is 348 g/mol. The minimum Gasteiger partial charge on any atom is -0.334 e. The Morgan fingerprint density at radius 2 is 1.85 bits per heavy atom. The summed E-state index contributed by atoms with van der Waals surface area (Å²) < 4.78 is 0.946. The van der Waals surface area contributed by atoms with Gasteiger partial charge in [-0.2, -0.15) is 0 Å². The maximum atomic E-state index is 12.1. The van der Waals surface area contributed by atoms with Crippen LogP contribution in [0.4, 0.5) is 15.6 Å². The molecule has 26 heavy (non-hydrogen) atoms. The fourth-order valence-corrected chi connectivity index (χ4v) is 3.19. The summed E-state index contributed by atoms with van der Waals surface area (Å²) in [6.07, 6.45) is 0.407. The lowest BCUT2D eigenvalue weighted by molar-refractivity contribution is -0.115. The third-order valence-electron chi connectivity index (χ3n) is 3.79. The van der Waals surface area contributed by atoms with Crippen molar-refractivity contribution in [1.82, 2.24) is 10.3 Å². The van der Waals surface area contributed by atoms with Gasteiger partial charge in [0.2, 0.25) is 5.91 Å². The molecule has 0 aliphatic heterocycles. The Balaban J connectivity index is 1.61. The molecule has 0 saturated heterocycles. The predicted octanol–water partition coefficient (Wildman–Crippen LogP) is 4.27. The molecule has 1 heterocycles. The number of nitrogens with zero attached hydrogens (tertiary/aromatic N) is 1. The summed E-state index contributed by atoms with van der Waals surface area (Å²) in [6.45, 7) is 4.27. The van der Waals surface area contributed by atoms with Gasteiger partial charge < -0.3 is 16.0 Å². The zero-order chi connectivity index (χ0) is 18.5. The van der Waals surface area contributed by atoms with Gasteiger partial charge in [0.05, 0.1) is 10.2 Å². The minimum atomic E-state index is -0.278. The topological polar surface area (TPSA) is 83.1 Å². The van der Waals surface area contributed by atoms with Gasteiger partial charge >= 0.3 is 6.03 Å². The van der Waals surface area contributed by atoms with E-state index < -0.39 is 0 Å². The molecule has 3 amide bonds. The summed E-state index contributed by atoms with van der Waals surface area (Å²) >= 11 is 1.41. The number of nitrogens with one attached hydrogen (secondary N) is 3. The molecule has 134 valence electrons. The van der Waals surface area contributed by atoms with Crippen LogP contribution in [0.2, 0.25) is 0 Å². The number of benzene rings is 2. The minimum absolute atomic E-state index is 0.0714. The molecule has 0 saturated carbocycles. The number of carbonyl (C=O) groups is 2. The standard InChI is InChI=1S/C19H20N4O2S/c1-3-17(24)23-19-22-15-10-14(8-9-16(15)26-19)21-18(25)20-11-13-6-4-12(2)5-7-13/h4-10H,3,11H2,1-2H3,(H2,20,21,25)(H,22,23,24). The second-order valence-corrected chi connectivity index (χ2v) is 6.93. The number of aryl methyl sites for hydroxylation is 1. The van der Waals surface area contributed by atoms with Gasteiger partial charge in [-0.3, -0.25) is 4.79 Å². The molecule has 0 spiro atoms. The smallest absolute Gasteiger partial charge is 0.319 e. The first-order valence-corrected chi connectivity index (χ1v) is 9.16. The van der Waals surface area contributed by atoms with Crippen LogP contribution in [0.15, 0.2) is 42.5 Å². The van der Waals surface area contributed by atoms with Crippen molar-refractivity contribution in [3.05, 3.63) is 53.6 Å². The van der Waals surface area contributed by atoms with Crippen LogP contribution in [0, 0.1) is 6.92 Å². The van der Waals surface area contributed by atoms with E-state index in [-0.39, 0.29) is 11.9 Å². The highest BCUT2D eigenvalue weighted by Crippen LogP contribution is 2.28. The van der Waals surface area contributed by atoms with Crippen molar-refractivity contribution in [1.29, 1.82) is 0 Å². The zero-order valence-electron chi connectivity index (χ0n) is 14.6. The van der Waals surface area contributed by atoms with E-state index in [9.17, 15) is 9.59 Å². The van der Waals surface area contributed by atoms with E-state index in [4.69, 9.17) is 0 Å². The number of hydrogen-bond acceptors (Lipinski definition) is 4. The fraction of sp³-hybridized carbons (Fsp3) is 0.211. The van der Waals surface area contributed by atoms with E-state index in [0.717, 1.165) is 15.8 Å². The van der Waals surface area contributed by atoms with Crippen LogP contribution in [0.1, 0.15) is 24.5 Å². The molecule has 7 heteroatoms. The molecule has 0 aliphatic carbocycles. The van der Waals surface area contributed by atoms with Gasteiger partial charge in [0, 0.05) is 18.7 Å². The Morgan fingerprint density at radius 3 is 2.58 bits per heavy atom. The van der Waals surface area contributed by atoms with Crippen molar-refractivity contribution in [3.63, 3.8) is 0 Å². The second-order valence-electron chi connectivity index (χ2n) is 5.90. The molecule has 0 radical (unpaired) electrons. The van der Waals surface area contributed by atoms with Crippen molar-refractivity contribution in [2.24, 2.45) is 0 Å². The molecule has 0 atom stereocenters. The molecular formula is C19H20N4O2S. The number of carbonyl (C=O) groups excluding carboxylic acids is 2. The maximum Gasteiger partial charge on any atom is 0.319 e. The SMILES string of the molecule is CCC(=O)Nc1nc2cc(NC(=O)NCc3ccc(C)cc3)ccc2s1. The number of anilines is 2. The highest BCUT2D eigenvalue weighted by Gasteiger charge is 2.08. The largest absolute Gasteiger partial charge is 0.334 e. The normalized spacial score (nSPS) is 10.5. The van der Waals surface area contributed by atoms with E-state index in [1.54, 1.807) is 13.0 Å². The Kier molecular flexibility index (Phi) is 5.48. The van der Waals surface area contributed by atoms with Crippen LogP contribution < -0.4 is 16.0 Å². The second kappa shape index (κ2) is 7.97. The van der Waals surface area contributed by atoms with Crippen LogP contribution in [0.3, 0.4) is 0 Å². The van der Waals surface area contributed by atoms with Gasteiger partial charge in [0.1, 0.15) is 0 Å². The average molecular weight is 368 g/mol. The van der Waals surface area contributed by atoms with E-state index in [1.165, 1.54) is 16.9 Å². The van der Waals surface area contributed by atoms with E-state index in [1.807, 2.05) is 43.3 Å². The third-order valence-corrected chi connectivity index (χ3v) is 4.74. The molecule has 3 rings (SSSR count). The van der Waals surface area contributed by atoms with Crippen LogP contribution in [0.5, 0.6) is 0 Å². The summed E-state index contributed by atoms with van der Waals surface area (Å²) in [6, 6.07) is 13.2. The lowest BCUT2D eigenvalue weighted by Gasteiger charge is -2.08. The monoisotopic (exact) mass is 368 g/mol. The lowest BCUT2D eigenvalue weighted by atomic mass is 10.1. The first-order chi connectivity index (χ1) is 12.5. The molecule has 0 unspecified atom stereocenters. The quantitative estimate of drug-likeness (QED) is 0.629. The van der Waals surface area contributed by atoms with Crippen molar-refractivity contribution in [3.8, 4) is 0 Å². The number of urea groups is 1. The number of fused-ring (bicyclic) bond motifs is 1. The number of aromatic nitrogens is 1. The predicted molar refractivity (Wildman–Crippen MR) is 106 cm³/mol. The van der Waals surface area contributed by atoms with Gasteiger partial charge in [-0.15, -0.1) is 0 Å². The molecule has 2 aromatic carbocycles. The highest BCUT2D eigenvalue weighted by atomic mass is 32.1. The first kappa shape index (κ1) is 17.9. The molecule has 3 N–H and O–H groups in total. The van der Waals surface area contributed by atoms with E-state index in [0.29, 0.717) is 23.8 Å². The lowest BCUT2D eigenvalue weighted by Crippen LogP contribution is -2.28. The summed E-state index contributed by atoms with van der Waals surface area (Å²) in [5, 5.41) is 8.95. The maximum absolute atomic E-state index is 12.1. The molecule has 1 aromatic heterocycles. The van der Waals surface area contributed by atoms with Crippen molar-refractivity contribution in [2.75, 3.05) is 10.6 Å². The Labute approximate surface area is 155 Å². The van der Waals surface area contributed by atoms with Crippen LogP contribution >= 0.6 is 11.3 Å². The average Bonchev–Trinajstić information content (AvgIpc) is 3.02. The molecule has 0 aliphatic rings. The summed E-state index contributed by atoms with van der Waals surface area (Å²) in [7, 11) is 0. The fourth-order valence-electron chi connectivity index (χ4n) is 2.33. The summed E-state index contributed by atoms with van der Waals surface area (Å²) in [5.74, 6) is -0.0714. The van der Waals surface area contributed by atoms with E-state index >= 15 is 0 Å². The van der Waals surface area contributed by atoms with Crippen LogP contribution in [-0.2, 0) is 11.3 Å². The number of amides is 3. The van der Waals surface area contributed by atoms with Crippen LogP contribution in [-0.4, -0.2) is 16.9 Å². The Hall–Kier alpha value is -2.93. The number of thiazole rings is 1. The third kappa shape index (κ3) is 4.58. The number of hydrogen-bond donors (Lipinski definition) is 3. The van der Waals surface area contributed by atoms with Gasteiger partial charge in [-0.05, 0) is 30.7 Å². The Bertz CT molecular complexity index is 934. The number of rotatable bonds is 5. The van der Waals surface area contributed by atoms with Crippen molar-refractivity contribution < 1.29 is 9.59 Å². The van der Waals surface area contributed by atoms with Gasteiger partial charge in [-0.1, -0.05) is 48.1 Å². The van der Waals surface area contributed by atoms with E-state index in [2.05, 4.69) is 20.9 Å². The van der Waals surface area contributed by atoms with Crippen LogP contribution in [0.25, 0.3) is 10.2 Å². The van der Waals surface area contributed by atoms with Crippen molar-refractivity contribution in [2.45, 2.75) is 26.8 Å². The molecule has 0 bridgehead atoms. The molecule has 3 aromatic rings. The molecule has 6 nitrogen and oxygen atoms in total. The van der Waals surface area contributed by atoms with Crippen molar-refractivity contribution >= 4 is 44.3 Å².